The van der Waals surface area contributed by atoms with Gasteiger partial charge in [0, 0.05) is 17.3 Å². The Morgan fingerprint density at radius 2 is 1.67 bits per heavy atom. The lowest BCUT2D eigenvalue weighted by Crippen LogP contribution is -2.29. The molecule has 2 aliphatic heterocycles. The van der Waals surface area contributed by atoms with Gasteiger partial charge in [-0.3, -0.25) is 14.5 Å². The number of anilines is 1. The summed E-state index contributed by atoms with van der Waals surface area (Å²) in [6.45, 7) is 8.95. The van der Waals surface area contributed by atoms with E-state index in [2.05, 4.69) is 0 Å². The highest BCUT2D eigenvalue weighted by Crippen LogP contribution is 2.45. The van der Waals surface area contributed by atoms with E-state index < -0.39 is 17.7 Å². The predicted octanol–water partition coefficient (Wildman–Crippen LogP) is 5.96. The van der Waals surface area contributed by atoms with Gasteiger partial charge in [0.2, 0.25) is 6.79 Å². The summed E-state index contributed by atoms with van der Waals surface area (Å²) in [7, 11) is 0. The summed E-state index contributed by atoms with van der Waals surface area (Å²) >= 11 is 0. The molecule has 1 fully saturated rings. The van der Waals surface area contributed by atoms with Crippen LogP contribution in [-0.4, -0.2) is 36.8 Å². The van der Waals surface area contributed by atoms with E-state index in [-0.39, 0.29) is 24.0 Å². The lowest BCUT2D eigenvalue weighted by Gasteiger charge is -2.26. The van der Waals surface area contributed by atoms with Crippen molar-refractivity contribution in [1.29, 1.82) is 0 Å². The molecule has 5 rings (SSSR count). The Morgan fingerprint density at radius 3 is 2.36 bits per heavy atom. The summed E-state index contributed by atoms with van der Waals surface area (Å²) in [4.78, 5) is 28.5. The third-order valence-electron chi connectivity index (χ3n) is 6.79. The Balaban J connectivity index is 1.67. The smallest absolute Gasteiger partial charge is 0.300 e. The Bertz CT molecular complexity index is 1440. The van der Waals surface area contributed by atoms with Crippen LogP contribution in [0.25, 0.3) is 5.76 Å². The lowest BCUT2D eigenvalue weighted by molar-refractivity contribution is -0.132. The minimum Gasteiger partial charge on any atom is -0.507 e. The predicted molar refractivity (Wildman–Crippen MR) is 147 cm³/mol. The van der Waals surface area contributed by atoms with Gasteiger partial charge >= 0.3 is 0 Å². The average molecular weight is 530 g/mol. The summed E-state index contributed by atoms with van der Waals surface area (Å²) in [6, 6.07) is 16.7. The van der Waals surface area contributed by atoms with Crippen LogP contribution in [0.3, 0.4) is 0 Å². The molecular formula is C31H31NO7. The molecule has 1 saturated heterocycles. The van der Waals surface area contributed by atoms with Crippen LogP contribution < -0.4 is 23.8 Å². The van der Waals surface area contributed by atoms with Gasteiger partial charge in [0.05, 0.1) is 24.8 Å². The van der Waals surface area contributed by atoms with Crippen LogP contribution in [0.4, 0.5) is 5.69 Å². The zero-order valence-corrected chi connectivity index (χ0v) is 22.4. The van der Waals surface area contributed by atoms with Crippen LogP contribution in [-0.2, 0) is 9.59 Å². The van der Waals surface area contributed by atoms with Crippen molar-refractivity contribution in [2.75, 3.05) is 24.9 Å². The second-order valence-corrected chi connectivity index (χ2v) is 9.55. The van der Waals surface area contributed by atoms with E-state index in [0.29, 0.717) is 53.0 Å². The largest absolute Gasteiger partial charge is 0.507 e. The van der Waals surface area contributed by atoms with Crippen molar-refractivity contribution in [1.82, 2.24) is 0 Å². The normalized spacial score (nSPS) is 17.7. The van der Waals surface area contributed by atoms with Crippen molar-refractivity contribution in [3.05, 3.63) is 82.9 Å². The zero-order chi connectivity index (χ0) is 27.7. The second kappa shape index (κ2) is 10.7. The van der Waals surface area contributed by atoms with Gasteiger partial charge in [-0.1, -0.05) is 26.0 Å². The van der Waals surface area contributed by atoms with Gasteiger partial charge in [0.15, 0.2) is 11.5 Å². The zero-order valence-electron chi connectivity index (χ0n) is 22.4. The quantitative estimate of drug-likeness (QED) is 0.218. The summed E-state index contributed by atoms with van der Waals surface area (Å²) in [6.07, 6.45) is 0. The van der Waals surface area contributed by atoms with E-state index in [4.69, 9.17) is 18.9 Å². The first-order chi connectivity index (χ1) is 18.8. The molecule has 1 unspecified atom stereocenters. The lowest BCUT2D eigenvalue weighted by atomic mass is 9.93. The summed E-state index contributed by atoms with van der Waals surface area (Å²) in [5.74, 6) is 0.754. The number of hydrogen-bond donors (Lipinski definition) is 1. The van der Waals surface area contributed by atoms with E-state index in [0.717, 1.165) is 5.56 Å². The topological polar surface area (TPSA) is 94.5 Å². The van der Waals surface area contributed by atoms with Crippen LogP contribution in [0.2, 0.25) is 0 Å². The number of carbonyl (C=O) groups is 2. The van der Waals surface area contributed by atoms with Gasteiger partial charge in [-0.2, -0.15) is 0 Å². The molecule has 8 heteroatoms. The van der Waals surface area contributed by atoms with Gasteiger partial charge in [0.1, 0.15) is 17.3 Å². The molecule has 202 valence electrons. The SMILES string of the molecule is CCOc1ccc(C2/C(=C(\O)c3ccc(OCC)c(C(C)C)c3)C(=O)C(=O)N2c2ccc3c(c2)OCO3)cc1. The first-order valence-corrected chi connectivity index (χ1v) is 13.0. The third-order valence-corrected chi connectivity index (χ3v) is 6.79. The minimum absolute atomic E-state index is 0.000641. The number of amides is 1. The molecule has 1 amide bonds. The Hall–Kier alpha value is -4.46. The van der Waals surface area contributed by atoms with E-state index in [9.17, 15) is 14.7 Å². The van der Waals surface area contributed by atoms with Crippen LogP contribution in [0, 0.1) is 0 Å². The molecule has 1 N–H and O–H groups in total. The highest BCUT2D eigenvalue weighted by molar-refractivity contribution is 6.51. The fourth-order valence-electron chi connectivity index (χ4n) is 4.95. The summed E-state index contributed by atoms with van der Waals surface area (Å²) in [5.41, 5.74) is 2.42. The number of benzene rings is 3. The van der Waals surface area contributed by atoms with E-state index in [1.165, 1.54) is 4.90 Å². The fraction of sp³-hybridized carbons (Fsp3) is 0.290. The number of Topliss-reactive ketones (excluding diaryl/α,β-unsaturated/α-hetero) is 1. The average Bonchev–Trinajstić information content (AvgIpc) is 3.51. The molecule has 8 nitrogen and oxygen atoms in total. The van der Waals surface area contributed by atoms with Crippen molar-refractivity contribution in [2.24, 2.45) is 0 Å². The van der Waals surface area contributed by atoms with E-state index in [1.807, 2.05) is 33.8 Å². The Kier molecular flexibility index (Phi) is 7.19. The van der Waals surface area contributed by atoms with E-state index in [1.54, 1.807) is 54.6 Å². The van der Waals surface area contributed by atoms with Crippen LogP contribution in [0.15, 0.2) is 66.2 Å². The molecular weight excluding hydrogens is 498 g/mol. The Labute approximate surface area is 227 Å². The second-order valence-electron chi connectivity index (χ2n) is 9.55. The molecule has 2 aliphatic rings. The number of ether oxygens (including phenoxy) is 4. The molecule has 0 bridgehead atoms. The van der Waals surface area contributed by atoms with Crippen LogP contribution >= 0.6 is 0 Å². The van der Waals surface area contributed by atoms with Crippen molar-refractivity contribution in [3.63, 3.8) is 0 Å². The van der Waals surface area contributed by atoms with E-state index >= 15 is 0 Å². The molecule has 0 aromatic heterocycles. The number of hydrogen-bond acceptors (Lipinski definition) is 7. The first kappa shape index (κ1) is 26.2. The number of fused-ring (bicyclic) bond motifs is 1. The molecule has 3 aromatic rings. The molecule has 0 aliphatic carbocycles. The van der Waals surface area contributed by atoms with Crippen molar-refractivity contribution >= 4 is 23.1 Å². The summed E-state index contributed by atoms with van der Waals surface area (Å²) in [5, 5.41) is 11.6. The highest BCUT2D eigenvalue weighted by atomic mass is 16.7. The van der Waals surface area contributed by atoms with Gasteiger partial charge in [0.25, 0.3) is 11.7 Å². The number of carbonyl (C=O) groups excluding carboxylic acids is 2. The molecule has 0 radical (unpaired) electrons. The van der Waals surface area contributed by atoms with Crippen molar-refractivity contribution in [3.8, 4) is 23.0 Å². The monoisotopic (exact) mass is 529 g/mol. The minimum atomic E-state index is -0.880. The number of nitrogens with zero attached hydrogens (tertiary/aromatic N) is 1. The number of aliphatic hydroxyl groups excluding tert-OH is 1. The van der Waals surface area contributed by atoms with Crippen molar-refractivity contribution < 1.29 is 33.6 Å². The van der Waals surface area contributed by atoms with Gasteiger partial charge in [-0.25, -0.2) is 0 Å². The molecule has 2 heterocycles. The number of rotatable bonds is 8. The third kappa shape index (κ3) is 4.78. The molecule has 39 heavy (non-hydrogen) atoms. The fourth-order valence-corrected chi connectivity index (χ4v) is 4.95. The maximum Gasteiger partial charge on any atom is 0.300 e. The van der Waals surface area contributed by atoms with Gasteiger partial charge in [-0.15, -0.1) is 0 Å². The van der Waals surface area contributed by atoms with Crippen LogP contribution in [0.1, 0.15) is 56.3 Å². The molecule has 0 spiro atoms. The number of aliphatic hydroxyl groups is 1. The molecule has 1 atom stereocenters. The maximum atomic E-state index is 13.6. The number of ketones is 1. The van der Waals surface area contributed by atoms with Gasteiger partial charge < -0.3 is 24.1 Å². The Morgan fingerprint density at radius 1 is 0.949 bits per heavy atom. The summed E-state index contributed by atoms with van der Waals surface area (Å²) < 4.78 is 22.3. The van der Waals surface area contributed by atoms with Crippen LogP contribution in [0.5, 0.6) is 23.0 Å². The maximum absolute atomic E-state index is 13.6. The first-order valence-electron chi connectivity index (χ1n) is 13.0. The van der Waals surface area contributed by atoms with Gasteiger partial charge in [-0.05, 0) is 73.4 Å². The molecule has 3 aromatic carbocycles. The standard InChI is InChI=1S/C31H31NO7/c1-5-36-22-11-7-19(8-12-22)28-27(29(33)20-9-13-24(37-6-2)23(15-20)18(3)4)30(34)31(35)32(28)21-10-14-25-26(16-21)39-17-38-25/h7-16,18,28,33H,5-6,17H2,1-4H3/b29-27+. The molecule has 0 saturated carbocycles. The highest BCUT2D eigenvalue weighted by Gasteiger charge is 2.47. The van der Waals surface area contributed by atoms with Crippen molar-refractivity contribution in [2.45, 2.75) is 39.7 Å².